The molecular formula is C15H28N2O. The zero-order valence-corrected chi connectivity index (χ0v) is 12.8. The smallest absolute Gasteiger partial charge is 0.223 e. The van der Waals surface area contributed by atoms with Gasteiger partial charge in [0.25, 0.3) is 0 Å². The molecule has 2 bridgehead atoms. The quantitative estimate of drug-likeness (QED) is 0.716. The maximum absolute atomic E-state index is 12.3. The molecule has 2 saturated heterocycles. The topological polar surface area (TPSA) is 23.6 Å². The molecule has 2 aliphatic rings. The Labute approximate surface area is 112 Å². The molecule has 0 saturated carbocycles. The third-order valence-electron chi connectivity index (χ3n) is 4.10. The molecule has 2 atom stereocenters. The summed E-state index contributed by atoms with van der Waals surface area (Å²) in [6.45, 7) is 15.2. The van der Waals surface area contributed by atoms with Crippen molar-refractivity contribution in [1.29, 1.82) is 0 Å². The average molecular weight is 252 g/mol. The van der Waals surface area contributed by atoms with Gasteiger partial charge in [-0.1, -0.05) is 20.8 Å². The number of hydrogen-bond donors (Lipinski definition) is 0. The second-order valence-electron chi connectivity index (χ2n) is 8.15. The van der Waals surface area contributed by atoms with Crippen LogP contribution in [0, 0.1) is 5.41 Å². The van der Waals surface area contributed by atoms with E-state index in [9.17, 15) is 4.79 Å². The van der Waals surface area contributed by atoms with Gasteiger partial charge in [-0.25, -0.2) is 0 Å². The summed E-state index contributed by atoms with van der Waals surface area (Å²) < 4.78 is 0. The van der Waals surface area contributed by atoms with Crippen LogP contribution in [0.4, 0.5) is 0 Å². The molecular weight excluding hydrogens is 224 g/mol. The molecule has 2 unspecified atom stereocenters. The molecule has 1 amide bonds. The summed E-state index contributed by atoms with van der Waals surface area (Å²) in [5, 5.41) is 0. The molecule has 2 fully saturated rings. The van der Waals surface area contributed by atoms with Crippen LogP contribution in [-0.4, -0.2) is 46.4 Å². The molecule has 2 aliphatic heterocycles. The lowest BCUT2D eigenvalue weighted by molar-refractivity contribution is -0.136. The molecule has 0 aromatic carbocycles. The van der Waals surface area contributed by atoms with Gasteiger partial charge >= 0.3 is 0 Å². The van der Waals surface area contributed by atoms with Crippen molar-refractivity contribution in [2.75, 3.05) is 13.1 Å². The number of rotatable bonds is 1. The Morgan fingerprint density at radius 2 is 1.67 bits per heavy atom. The fourth-order valence-electron chi connectivity index (χ4n) is 3.35. The minimum atomic E-state index is 0.0998. The number of carbonyl (C=O) groups excluding carboxylic acids is 1. The number of piperazine rings is 1. The zero-order valence-electron chi connectivity index (χ0n) is 12.8. The second-order valence-corrected chi connectivity index (χ2v) is 8.15. The highest BCUT2D eigenvalue weighted by Gasteiger charge is 2.48. The van der Waals surface area contributed by atoms with Crippen LogP contribution in [0.1, 0.15) is 54.4 Å². The highest BCUT2D eigenvalue weighted by molar-refractivity contribution is 5.77. The first kappa shape index (κ1) is 13.9. The molecule has 0 aliphatic carbocycles. The van der Waals surface area contributed by atoms with Crippen LogP contribution >= 0.6 is 0 Å². The van der Waals surface area contributed by atoms with Crippen LogP contribution in [-0.2, 0) is 4.79 Å². The van der Waals surface area contributed by atoms with Gasteiger partial charge < -0.3 is 4.90 Å². The molecule has 2 rings (SSSR count). The standard InChI is InChI=1S/C15H28N2O/c1-14(2,3)8-13(18)16-9-12-7-11(16)10-17(12)15(4,5)6/h11-12H,7-10H2,1-6H3. The molecule has 2 heterocycles. The van der Waals surface area contributed by atoms with E-state index in [4.69, 9.17) is 0 Å². The Morgan fingerprint density at radius 3 is 2.06 bits per heavy atom. The van der Waals surface area contributed by atoms with Gasteiger partial charge in [0.2, 0.25) is 5.91 Å². The highest BCUT2D eigenvalue weighted by Crippen LogP contribution is 2.36. The molecule has 0 aromatic heterocycles. The predicted octanol–water partition coefficient (Wildman–Crippen LogP) is 2.51. The molecule has 3 heteroatoms. The summed E-state index contributed by atoms with van der Waals surface area (Å²) in [6, 6.07) is 1.04. The van der Waals surface area contributed by atoms with E-state index < -0.39 is 0 Å². The van der Waals surface area contributed by atoms with Gasteiger partial charge in [-0.05, 0) is 32.6 Å². The van der Waals surface area contributed by atoms with E-state index in [1.54, 1.807) is 0 Å². The van der Waals surface area contributed by atoms with Crippen molar-refractivity contribution >= 4 is 5.91 Å². The average Bonchev–Trinajstić information content (AvgIpc) is 2.71. The number of nitrogens with zero attached hydrogens (tertiary/aromatic N) is 2. The lowest BCUT2D eigenvalue weighted by atomic mass is 9.91. The number of hydrogen-bond acceptors (Lipinski definition) is 2. The normalized spacial score (nSPS) is 29.1. The van der Waals surface area contributed by atoms with Crippen molar-refractivity contribution < 1.29 is 4.79 Å². The van der Waals surface area contributed by atoms with E-state index in [2.05, 4.69) is 51.3 Å². The minimum Gasteiger partial charge on any atom is -0.337 e. The minimum absolute atomic E-state index is 0.0998. The molecule has 18 heavy (non-hydrogen) atoms. The summed E-state index contributed by atoms with van der Waals surface area (Å²) >= 11 is 0. The maximum Gasteiger partial charge on any atom is 0.223 e. The largest absolute Gasteiger partial charge is 0.337 e. The van der Waals surface area contributed by atoms with Crippen LogP contribution in [0.3, 0.4) is 0 Å². The van der Waals surface area contributed by atoms with Gasteiger partial charge in [-0.15, -0.1) is 0 Å². The molecule has 0 aromatic rings. The SMILES string of the molecule is CC(C)(C)CC(=O)N1CC2CC1CN2C(C)(C)C. The lowest BCUT2D eigenvalue weighted by Crippen LogP contribution is -2.55. The van der Waals surface area contributed by atoms with E-state index in [0.29, 0.717) is 24.4 Å². The molecule has 0 N–H and O–H groups in total. The van der Waals surface area contributed by atoms with Gasteiger partial charge in [-0.2, -0.15) is 0 Å². The Kier molecular flexibility index (Phi) is 3.25. The first-order valence-corrected chi connectivity index (χ1v) is 7.14. The first-order valence-electron chi connectivity index (χ1n) is 7.14. The van der Waals surface area contributed by atoms with Crippen LogP contribution in [0.25, 0.3) is 0 Å². The van der Waals surface area contributed by atoms with Crippen LogP contribution < -0.4 is 0 Å². The summed E-state index contributed by atoms with van der Waals surface area (Å²) in [4.78, 5) is 17.0. The Bertz CT molecular complexity index is 337. The Balaban J connectivity index is 1.97. The third-order valence-corrected chi connectivity index (χ3v) is 4.10. The van der Waals surface area contributed by atoms with Gasteiger partial charge in [-0.3, -0.25) is 9.69 Å². The van der Waals surface area contributed by atoms with Gasteiger partial charge in [0, 0.05) is 37.1 Å². The van der Waals surface area contributed by atoms with Gasteiger partial charge in [0.1, 0.15) is 0 Å². The maximum atomic E-state index is 12.3. The highest BCUT2D eigenvalue weighted by atomic mass is 16.2. The van der Waals surface area contributed by atoms with E-state index in [1.807, 2.05) is 0 Å². The van der Waals surface area contributed by atoms with Crippen LogP contribution in [0.5, 0.6) is 0 Å². The van der Waals surface area contributed by atoms with E-state index >= 15 is 0 Å². The fraction of sp³-hybridized carbons (Fsp3) is 0.933. The third kappa shape index (κ3) is 2.71. The van der Waals surface area contributed by atoms with E-state index in [-0.39, 0.29) is 11.0 Å². The van der Waals surface area contributed by atoms with Crippen LogP contribution in [0.15, 0.2) is 0 Å². The van der Waals surface area contributed by atoms with Crippen molar-refractivity contribution in [1.82, 2.24) is 9.80 Å². The summed E-state index contributed by atoms with van der Waals surface area (Å²) in [6.07, 6.45) is 1.85. The monoisotopic (exact) mass is 252 g/mol. The number of likely N-dealkylation sites (tertiary alicyclic amines) is 2. The van der Waals surface area contributed by atoms with Crippen molar-refractivity contribution in [3.05, 3.63) is 0 Å². The summed E-state index contributed by atoms with van der Waals surface area (Å²) in [5.74, 6) is 0.351. The number of fused-ring (bicyclic) bond motifs is 2. The Hall–Kier alpha value is -0.570. The molecule has 0 spiro atoms. The lowest BCUT2D eigenvalue weighted by Gasteiger charge is -2.42. The second kappa shape index (κ2) is 4.22. The molecule has 0 radical (unpaired) electrons. The Morgan fingerprint density at radius 1 is 1.06 bits per heavy atom. The fourth-order valence-corrected chi connectivity index (χ4v) is 3.35. The van der Waals surface area contributed by atoms with Crippen molar-refractivity contribution in [3.8, 4) is 0 Å². The van der Waals surface area contributed by atoms with E-state index in [1.165, 1.54) is 6.42 Å². The van der Waals surface area contributed by atoms with Crippen molar-refractivity contribution in [2.24, 2.45) is 5.41 Å². The summed E-state index contributed by atoms with van der Waals surface area (Å²) in [5.41, 5.74) is 0.335. The first-order chi connectivity index (χ1) is 8.08. The van der Waals surface area contributed by atoms with Gasteiger partial charge in [0.05, 0.1) is 0 Å². The van der Waals surface area contributed by atoms with Crippen LogP contribution in [0.2, 0.25) is 0 Å². The molecule has 104 valence electrons. The number of carbonyl (C=O) groups is 1. The summed E-state index contributed by atoms with van der Waals surface area (Å²) in [7, 11) is 0. The number of amides is 1. The van der Waals surface area contributed by atoms with Crippen molar-refractivity contribution in [3.63, 3.8) is 0 Å². The molecule has 3 nitrogen and oxygen atoms in total. The zero-order chi connectivity index (χ0) is 13.7. The van der Waals surface area contributed by atoms with Crippen molar-refractivity contribution in [2.45, 2.75) is 72.0 Å². The predicted molar refractivity (Wildman–Crippen MR) is 74.4 cm³/mol. The van der Waals surface area contributed by atoms with E-state index in [0.717, 1.165) is 13.1 Å². The van der Waals surface area contributed by atoms with Gasteiger partial charge in [0.15, 0.2) is 0 Å².